The molecule has 1 amide bonds. The van der Waals surface area contributed by atoms with Gasteiger partial charge in [0.25, 0.3) is 15.9 Å². The van der Waals surface area contributed by atoms with Crippen LogP contribution in [0.2, 0.25) is 0 Å². The Balaban J connectivity index is 1.66. The Bertz CT molecular complexity index is 1210. The van der Waals surface area contributed by atoms with Gasteiger partial charge in [0.05, 0.1) is 17.4 Å². The second-order valence-corrected chi connectivity index (χ2v) is 8.90. The number of carbonyl (C=O) groups excluding carboxylic acids is 1. The zero-order chi connectivity index (χ0) is 21.5. The van der Waals surface area contributed by atoms with Crippen molar-refractivity contribution in [1.82, 2.24) is 15.1 Å². The lowest BCUT2D eigenvalue weighted by Gasteiger charge is -2.14. The van der Waals surface area contributed by atoms with Gasteiger partial charge in [-0.2, -0.15) is 5.10 Å². The van der Waals surface area contributed by atoms with Crippen molar-refractivity contribution in [2.45, 2.75) is 31.6 Å². The third kappa shape index (κ3) is 3.70. The summed E-state index contributed by atoms with van der Waals surface area (Å²) in [5, 5.41) is 6.67. The summed E-state index contributed by atoms with van der Waals surface area (Å²) < 4.78 is 47.4. The van der Waals surface area contributed by atoms with Gasteiger partial charge < -0.3 is 9.32 Å². The summed E-state index contributed by atoms with van der Waals surface area (Å²) >= 11 is 0. The fraction of sp³-hybridized carbons (Fsp3) is 0.300. The largest absolute Gasteiger partial charge is 0.458 e. The molecular weight excluding hydrogens is 411 g/mol. The Kier molecular flexibility index (Phi) is 5.10. The fourth-order valence-corrected chi connectivity index (χ4v) is 4.79. The van der Waals surface area contributed by atoms with Gasteiger partial charge in [0.15, 0.2) is 5.76 Å². The summed E-state index contributed by atoms with van der Waals surface area (Å²) in [5.41, 5.74) is 1.36. The minimum Gasteiger partial charge on any atom is -0.458 e. The Morgan fingerprint density at radius 1 is 1.23 bits per heavy atom. The molecule has 0 bridgehead atoms. The highest BCUT2D eigenvalue weighted by Gasteiger charge is 2.28. The van der Waals surface area contributed by atoms with Gasteiger partial charge in [0, 0.05) is 19.2 Å². The molecule has 1 aliphatic rings. The molecule has 1 aromatic carbocycles. The molecule has 0 unspecified atom stereocenters. The lowest BCUT2D eigenvalue weighted by atomic mass is 10.2. The number of anilines is 1. The van der Waals surface area contributed by atoms with Crippen LogP contribution < -0.4 is 4.72 Å². The first kappa shape index (κ1) is 20.1. The molecule has 4 rings (SSSR count). The number of aryl methyl sites for hydroxylation is 2. The number of nitrogens with one attached hydrogen (secondary N) is 2. The molecule has 0 saturated carbocycles. The van der Waals surface area contributed by atoms with E-state index in [2.05, 4.69) is 14.9 Å². The summed E-state index contributed by atoms with van der Waals surface area (Å²) in [6.07, 6.45) is 3.31. The summed E-state index contributed by atoms with van der Waals surface area (Å²) in [4.78, 5) is 14.4. The number of carbonyl (C=O) groups is 1. The first-order valence-electron chi connectivity index (χ1n) is 9.48. The van der Waals surface area contributed by atoms with Crippen LogP contribution in [0.5, 0.6) is 0 Å². The maximum Gasteiger partial charge on any atom is 0.265 e. The molecule has 0 radical (unpaired) electrons. The number of nitrogens with zero attached hydrogens (tertiary/aromatic N) is 2. The smallest absolute Gasteiger partial charge is 0.265 e. The van der Waals surface area contributed by atoms with Crippen LogP contribution >= 0.6 is 0 Å². The van der Waals surface area contributed by atoms with Gasteiger partial charge >= 0.3 is 0 Å². The van der Waals surface area contributed by atoms with E-state index in [0.717, 1.165) is 18.9 Å². The maximum atomic E-state index is 13.5. The summed E-state index contributed by atoms with van der Waals surface area (Å²) in [6.45, 7) is 4.54. The van der Waals surface area contributed by atoms with Gasteiger partial charge in [0.2, 0.25) is 0 Å². The van der Waals surface area contributed by atoms with Crippen molar-refractivity contribution >= 4 is 21.6 Å². The Labute approximate surface area is 173 Å². The third-order valence-electron chi connectivity index (χ3n) is 5.12. The van der Waals surface area contributed by atoms with Crippen LogP contribution in [-0.4, -0.2) is 42.5 Å². The highest BCUT2D eigenvalue weighted by atomic mass is 32.2. The molecule has 3 heterocycles. The Morgan fingerprint density at radius 3 is 2.70 bits per heavy atom. The van der Waals surface area contributed by atoms with E-state index < -0.39 is 15.8 Å². The molecule has 158 valence electrons. The standard InChI is InChI=1S/C20H21FN4O4S/c1-12-5-6-14(21)9-16(12)24-30(27,28)18-10-17(29-13(18)2)19-15(11-22-23-19)20(26)25-7-3-4-8-25/h5-6,9-11,24H,3-4,7-8H2,1-2H3,(H,22,23). The average molecular weight is 432 g/mol. The maximum absolute atomic E-state index is 13.5. The number of likely N-dealkylation sites (tertiary alicyclic amines) is 1. The lowest BCUT2D eigenvalue weighted by Crippen LogP contribution is -2.27. The van der Waals surface area contributed by atoms with Crippen molar-refractivity contribution in [3.63, 3.8) is 0 Å². The number of amides is 1. The van der Waals surface area contributed by atoms with Gasteiger partial charge in [-0.3, -0.25) is 14.6 Å². The molecule has 0 spiro atoms. The van der Waals surface area contributed by atoms with Crippen molar-refractivity contribution in [2.24, 2.45) is 0 Å². The number of H-pyrrole nitrogens is 1. The Hall–Kier alpha value is -3.14. The van der Waals surface area contributed by atoms with Crippen LogP contribution in [0.3, 0.4) is 0 Å². The fourth-order valence-electron chi connectivity index (χ4n) is 3.49. The zero-order valence-electron chi connectivity index (χ0n) is 16.5. The second-order valence-electron chi connectivity index (χ2n) is 7.25. The van der Waals surface area contributed by atoms with Gasteiger partial charge in [-0.25, -0.2) is 12.8 Å². The quantitative estimate of drug-likeness (QED) is 0.642. The molecular formula is C20H21FN4O4S. The normalized spacial score (nSPS) is 14.3. The number of hydrogen-bond acceptors (Lipinski definition) is 5. The summed E-state index contributed by atoms with van der Waals surface area (Å²) in [5.74, 6) is -0.404. The van der Waals surface area contributed by atoms with Crippen molar-refractivity contribution in [1.29, 1.82) is 0 Å². The van der Waals surface area contributed by atoms with Crippen molar-refractivity contribution in [3.05, 3.63) is 53.2 Å². The molecule has 3 aromatic rings. The summed E-state index contributed by atoms with van der Waals surface area (Å²) in [6, 6.07) is 5.19. The number of benzene rings is 1. The molecule has 10 heteroatoms. The number of aromatic nitrogens is 2. The molecule has 2 aromatic heterocycles. The number of halogens is 1. The zero-order valence-corrected chi connectivity index (χ0v) is 17.3. The average Bonchev–Trinajstić information content (AvgIpc) is 3.43. The van der Waals surface area contributed by atoms with E-state index >= 15 is 0 Å². The van der Waals surface area contributed by atoms with Crippen LogP contribution in [0.25, 0.3) is 11.5 Å². The molecule has 8 nitrogen and oxygen atoms in total. The van der Waals surface area contributed by atoms with E-state index in [0.29, 0.717) is 29.9 Å². The predicted molar refractivity (Wildman–Crippen MR) is 108 cm³/mol. The van der Waals surface area contributed by atoms with Gasteiger partial charge in [0.1, 0.15) is 22.2 Å². The van der Waals surface area contributed by atoms with E-state index in [9.17, 15) is 17.6 Å². The highest BCUT2D eigenvalue weighted by molar-refractivity contribution is 7.92. The second kappa shape index (κ2) is 7.60. The topological polar surface area (TPSA) is 108 Å². The molecule has 30 heavy (non-hydrogen) atoms. The van der Waals surface area contributed by atoms with Crippen LogP contribution in [0, 0.1) is 19.7 Å². The third-order valence-corrected chi connectivity index (χ3v) is 6.59. The van der Waals surface area contributed by atoms with Crippen LogP contribution in [0.1, 0.15) is 34.5 Å². The van der Waals surface area contributed by atoms with E-state index in [1.807, 2.05) is 0 Å². The number of hydrogen-bond donors (Lipinski definition) is 2. The van der Waals surface area contributed by atoms with E-state index in [4.69, 9.17) is 4.42 Å². The summed E-state index contributed by atoms with van der Waals surface area (Å²) in [7, 11) is -4.04. The van der Waals surface area contributed by atoms with Crippen molar-refractivity contribution in [3.8, 4) is 11.5 Å². The van der Waals surface area contributed by atoms with Crippen LogP contribution in [-0.2, 0) is 10.0 Å². The molecule has 0 atom stereocenters. The van der Waals surface area contributed by atoms with Gasteiger partial charge in [-0.15, -0.1) is 0 Å². The monoisotopic (exact) mass is 432 g/mol. The number of furan rings is 1. The highest BCUT2D eigenvalue weighted by Crippen LogP contribution is 2.31. The van der Waals surface area contributed by atoms with Gasteiger partial charge in [-0.05, 0) is 44.4 Å². The first-order chi connectivity index (χ1) is 14.3. The van der Waals surface area contributed by atoms with E-state index in [1.54, 1.807) is 11.8 Å². The predicted octanol–water partition coefficient (Wildman–Crippen LogP) is 3.46. The van der Waals surface area contributed by atoms with Crippen LogP contribution in [0.4, 0.5) is 10.1 Å². The molecule has 0 aliphatic carbocycles. The number of sulfonamides is 1. The molecule has 1 saturated heterocycles. The SMILES string of the molecule is Cc1ccc(F)cc1NS(=O)(=O)c1cc(-c2[nH]ncc2C(=O)N2CCCC2)oc1C. The van der Waals surface area contributed by atoms with E-state index in [-0.39, 0.29) is 28.0 Å². The molecule has 2 N–H and O–H groups in total. The van der Waals surface area contributed by atoms with Gasteiger partial charge in [-0.1, -0.05) is 6.07 Å². The number of aromatic amines is 1. The Morgan fingerprint density at radius 2 is 1.97 bits per heavy atom. The molecule has 1 fully saturated rings. The van der Waals surface area contributed by atoms with Crippen LogP contribution in [0.15, 0.2) is 39.8 Å². The first-order valence-corrected chi connectivity index (χ1v) is 11.0. The molecule has 1 aliphatic heterocycles. The van der Waals surface area contributed by atoms with Crippen molar-refractivity contribution < 1.29 is 22.0 Å². The lowest BCUT2D eigenvalue weighted by molar-refractivity contribution is 0.0793. The number of rotatable bonds is 5. The minimum atomic E-state index is -4.04. The van der Waals surface area contributed by atoms with Crippen molar-refractivity contribution in [2.75, 3.05) is 17.8 Å². The van der Waals surface area contributed by atoms with E-state index in [1.165, 1.54) is 31.3 Å². The minimum absolute atomic E-state index is 0.102.